The van der Waals surface area contributed by atoms with Crippen LogP contribution < -0.4 is 0 Å². The molecule has 0 N–H and O–H groups in total. The van der Waals surface area contributed by atoms with Gasteiger partial charge in [0.05, 0.1) is 0 Å². The third-order valence-electron chi connectivity index (χ3n) is 0. The molecule has 0 aliphatic carbocycles. The van der Waals surface area contributed by atoms with Crippen LogP contribution in [-0.2, 0) is 70.1 Å². The fourth-order valence-corrected chi connectivity index (χ4v) is 0. The van der Waals surface area contributed by atoms with E-state index in [2.05, 4.69) is 0 Å². The van der Waals surface area contributed by atoms with E-state index in [1.54, 1.807) is 0 Å². The van der Waals surface area contributed by atoms with E-state index < -0.39 is 0 Å². The fourth-order valence-electron chi connectivity index (χ4n) is 0. The van der Waals surface area contributed by atoms with Gasteiger partial charge in [0.1, 0.15) is 0 Å². The summed E-state index contributed by atoms with van der Waals surface area (Å²) in [7, 11) is 0. The molecule has 0 aromatic rings. The standard InChI is InChI=1S/Al.Cu.Mn.Ni.Zn. The minimum Gasteiger partial charge on any atom is 0 e. The van der Waals surface area contributed by atoms with Gasteiger partial charge in [0.15, 0.2) is 0 Å². The number of hydrogen-bond donors (Lipinski definition) is 0. The predicted octanol–water partition coefficient (Wildman–Crippen LogP) is -0.391. The van der Waals surface area contributed by atoms with Crippen molar-refractivity contribution in [1.82, 2.24) is 0 Å². The third-order valence-corrected chi connectivity index (χ3v) is 0. The molecule has 0 nitrogen and oxygen atoms in total. The minimum atomic E-state index is 0. The maximum atomic E-state index is 0. The quantitative estimate of drug-likeness (QED) is 0.526. The molecule has 0 saturated heterocycles. The zero-order chi connectivity index (χ0) is 0. The van der Waals surface area contributed by atoms with Crippen molar-refractivity contribution in [3.8, 4) is 0 Å². The van der Waals surface area contributed by atoms with Gasteiger partial charge in [-0.3, -0.25) is 0 Å². The maximum absolute atomic E-state index is 0. The molecular formula is AlCuMnNiZn. The molecule has 0 unspecified atom stereocenters. The van der Waals surface area contributed by atoms with E-state index >= 15 is 0 Å². The molecule has 5 radical (unpaired) electrons. The van der Waals surface area contributed by atoms with Crippen molar-refractivity contribution in [3.05, 3.63) is 0 Å². The van der Waals surface area contributed by atoms with Crippen LogP contribution in [0.4, 0.5) is 0 Å². The summed E-state index contributed by atoms with van der Waals surface area (Å²) >= 11 is 0. The molecule has 0 aromatic heterocycles. The van der Waals surface area contributed by atoms with E-state index in [9.17, 15) is 0 Å². The SMILES string of the molecule is [Al].[Cu].[Mn].[Ni].[Zn]. The molecule has 0 rings (SSSR count). The molecule has 0 spiro atoms. The predicted molar refractivity (Wildman–Crippen MR) is 5.75 cm³/mol. The van der Waals surface area contributed by atoms with Gasteiger partial charge >= 0.3 is 0 Å². The van der Waals surface area contributed by atoms with E-state index in [0.29, 0.717) is 0 Å². The van der Waals surface area contributed by atoms with Crippen molar-refractivity contribution in [2.24, 2.45) is 0 Å². The molecule has 0 amide bonds. The van der Waals surface area contributed by atoms with Gasteiger partial charge in [-0.2, -0.15) is 0 Å². The van der Waals surface area contributed by atoms with Crippen molar-refractivity contribution in [3.63, 3.8) is 0 Å². The number of rotatable bonds is 0. The summed E-state index contributed by atoms with van der Waals surface area (Å²) in [6.07, 6.45) is 0. The Morgan fingerprint density at radius 2 is 1.00 bits per heavy atom. The van der Waals surface area contributed by atoms with Crippen molar-refractivity contribution in [2.75, 3.05) is 0 Å². The molecule has 0 aromatic carbocycles. The second kappa shape index (κ2) is 29.9. The monoisotopic (exact) mass is 267 g/mol. The van der Waals surface area contributed by atoms with Crippen LogP contribution in [0.5, 0.6) is 0 Å². The van der Waals surface area contributed by atoms with Gasteiger partial charge in [-0.1, -0.05) is 0 Å². The minimum absolute atomic E-state index is 0. The molecular weight excluding hydrogens is 270 g/mol. The summed E-state index contributed by atoms with van der Waals surface area (Å²) < 4.78 is 0. The first-order chi connectivity index (χ1) is 0. The van der Waals surface area contributed by atoms with Crippen molar-refractivity contribution >= 4 is 17.4 Å². The van der Waals surface area contributed by atoms with E-state index in [1.165, 1.54) is 0 Å². The smallest absolute Gasteiger partial charge is 0 e. The van der Waals surface area contributed by atoms with Crippen molar-refractivity contribution in [2.45, 2.75) is 0 Å². The Kier molecular flexibility index (Phi) is 285. The molecule has 0 fully saturated rings. The first kappa shape index (κ1) is 47.6. The van der Waals surface area contributed by atoms with Gasteiger partial charge in [-0.05, 0) is 0 Å². The van der Waals surface area contributed by atoms with Crippen molar-refractivity contribution < 1.29 is 70.1 Å². The third kappa shape index (κ3) is 20.3. The molecule has 0 aliphatic heterocycles. The van der Waals surface area contributed by atoms with Gasteiger partial charge in [-0.15, -0.1) is 0 Å². The van der Waals surface area contributed by atoms with Crippen LogP contribution >= 0.6 is 0 Å². The van der Waals surface area contributed by atoms with E-state index in [1.807, 2.05) is 0 Å². The van der Waals surface area contributed by atoms with Crippen LogP contribution in [0.3, 0.4) is 0 Å². The molecule has 0 saturated carbocycles. The van der Waals surface area contributed by atoms with Crippen LogP contribution in [0, 0.1) is 0 Å². The van der Waals surface area contributed by atoms with E-state index in [-0.39, 0.29) is 87.5 Å². The summed E-state index contributed by atoms with van der Waals surface area (Å²) in [5.41, 5.74) is 0. The first-order valence-electron chi connectivity index (χ1n) is 0. The van der Waals surface area contributed by atoms with Crippen LogP contribution in [0.1, 0.15) is 0 Å². The molecule has 0 atom stereocenters. The molecule has 0 bridgehead atoms. The van der Waals surface area contributed by atoms with Crippen LogP contribution in [-0.4, -0.2) is 17.4 Å². The Morgan fingerprint density at radius 3 is 1.00 bits per heavy atom. The van der Waals surface area contributed by atoms with Gasteiger partial charge < -0.3 is 0 Å². The average Bonchev–Trinajstić information content (AvgIpc) is 0. The largest absolute Gasteiger partial charge is 0 e. The van der Waals surface area contributed by atoms with Crippen LogP contribution in [0.15, 0.2) is 0 Å². The Bertz CT molecular complexity index is 11.6. The van der Waals surface area contributed by atoms with E-state index in [4.69, 9.17) is 0 Å². The molecule has 0 heterocycles. The Balaban J connectivity index is 0. The zero-order valence-corrected chi connectivity index (χ0v) is 9.51. The maximum Gasteiger partial charge on any atom is 0 e. The molecule has 5 heavy (non-hydrogen) atoms. The Labute approximate surface area is 86.4 Å². The van der Waals surface area contributed by atoms with Crippen LogP contribution in [0.2, 0.25) is 0 Å². The summed E-state index contributed by atoms with van der Waals surface area (Å²) in [5.74, 6) is 0. The average molecular weight is 270 g/mol. The Hall–Kier alpha value is 2.69. The molecule has 5 heteroatoms. The van der Waals surface area contributed by atoms with Gasteiger partial charge in [0, 0.05) is 87.5 Å². The van der Waals surface area contributed by atoms with E-state index in [0.717, 1.165) is 0 Å². The topological polar surface area (TPSA) is 0 Å². The normalized spacial score (nSPS) is 0. The second-order valence-corrected chi connectivity index (χ2v) is 0. The number of hydrogen-bond acceptors (Lipinski definition) is 0. The summed E-state index contributed by atoms with van der Waals surface area (Å²) in [4.78, 5) is 0. The first-order valence-corrected chi connectivity index (χ1v) is 0. The molecule has 0 aliphatic rings. The van der Waals surface area contributed by atoms with Crippen molar-refractivity contribution in [1.29, 1.82) is 0 Å². The zero-order valence-electron chi connectivity index (χ0n) is 2.28. The Morgan fingerprint density at radius 1 is 1.00 bits per heavy atom. The van der Waals surface area contributed by atoms with Crippen LogP contribution in [0.25, 0.3) is 0 Å². The van der Waals surface area contributed by atoms with Gasteiger partial charge in [-0.25, -0.2) is 0 Å². The van der Waals surface area contributed by atoms with Gasteiger partial charge in [0.2, 0.25) is 0 Å². The fraction of sp³-hybridized carbons (Fsp3) is 0. The second-order valence-electron chi connectivity index (χ2n) is 0. The summed E-state index contributed by atoms with van der Waals surface area (Å²) in [6.45, 7) is 0. The molecule has 33 valence electrons. The summed E-state index contributed by atoms with van der Waals surface area (Å²) in [5, 5.41) is 0. The van der Waals surface area contributed by atoms with Gasteiger partial charge in [0.25, 0.3) is 0 Å². The summed E-state index contributed by atoms with van der Waals surface area (Å²) in [6, 6.07) is 0.